The van der Waals surface area contributed by atoms with Gasteiger partial charge in [-0.3, -0.25) is 0 Å². The summed E-state index contributed by atoms with van der Waals surface area (Å²) in [5.74, 6) is -0.337. The van der Waals surface area contributed by atoms with E-state index in [0.29, 0.717) is 10.6 Å². The number of benzene rings is 1. The van der Waals surface area contributed by atoms with Crippen LogP contribution < -0.4 is 0 Å². The van der Waals surface area contributed by atoms with Crippen molar-refractivity contribution in [2.75, 3.05) is 7.11 Å². The minimum atomic E-state index is -0.337. The molecular weight excluding hydrogens is 238 g/mol. The quantitative estimate of drug-likeness (QED) is 0.766. The van der Waals surface area contributed by atoms with Gasteiger partial charge in [0.15, 0.2) is 0 Å². The molecule has 0 amide bonds. The zero-order chi connectivity index (χ0) is 12.4. The summed E-state index contributed by atoms with van der Waals surface area (Å²) in [4.78, 5) is 11.6. The van der Waals surface area contributed by atoms with E-state index in [4.69, 9.17) is 16.3 Å². The number of hydrogen-bond donors (Lipinski definition) is 0. The van der Waals surface area contributed by atoms with E-state index in [0.717, 1.165) is 11.1 Å². The van der Waals surface area contributed by atoms with Crippen LogP contribution in [0.5, 0.6) is 0 Å². The number of aromatic nitrogens is 1. The summed E-state index contributed by atoms with van der Waals surface area (Å²) in [6, 6.07) is 7.35. The highest BCUT2D eigenvalue weighted by Gasteiger charge is 2.15. The largest absolute Gasteiger partial charge is 0.465 e. The van der Waals surface area contributed by atoms with Gasteiger partial charge in [-0.2, -0.15) is 0 Å². The lowest BCUT2D eigenvalue weighted by Crippen LogP contribution is -2.01. The molecule has 2 aromatic rings. The lowest BCUT2D eigenvalue weighted by molar-refractivity contribution is 0.0601. The fourth-order valence-corrected chi connectivity index (χ4v) is 1.84. The second-order valence-electron chi connectivity index (χ2n) is 3.75. The third-order valence-corrected chi connectivity index (χ3v) is 2.77. The summed E-state index contributed by atoms with van der Waals surface area (Å²) in [6.07, 6.45) is 3.63. The van der Waals surface area contributed by atoms with Crippen molar-refractivity contribution in [2.45, 2.75) is 0 Å². The Bertz CT molecular complexity index is 543. The third-order valence-electron chi connectivity index (χ3n) is 2.52. The van der Waals surface area contributed by atoms with Crippen molar-refractivity contribution in [3.8, 4) is 11.1 Å². The molecule has 0 aliphatic rings. The molecule has 0 spiro atoms. The van der Waals surface area contributed by atoms with Gasteiger partial charge < -0.3 is 9.30 Å². The van der Waals surface area contributed by atoms with Crippen molar-refractivity contribution < 1.29 is 9.53 Å². The highest BCUT2D eigenvalue weighted by atomic mass is 35.5. The van der Waals surface area contributed by atoms with E-state index in [9.17, 15) is 4.79 Å². The maximum absolute atomic E-state index is 11.6. The normalized spacial score (nSPS) is 10.3. The van der Waals surface area contributed by atoms with Gasteiger partial charge in [0.25, 0.3) is 0 Å². The van der Waals surface area contributed by atoms with E-state index in [1.165, 1.54) is 7.11 Å². The molecule has 1 aromatic heterocycles. The molecule has 0 saturated heterocycles. The molecule has 2 rings (SSSR count). The maximum atomic E-state index is 11.6. The highest BCUT2D eigenvalue weighted by Crippen LogP contribution is 2.26. The van der Waals surface area contributed by atoms with Gasteiger partial charge in [0.1, 0.15) is 0 Å². The lowest BCUT2D eigenvalue weighted by atomic mass is 10.1. The minimum Gasteiger partial charge on any atom is -0.465 e. The summed E-state index contributed by atoms with van der Waals surface area (Å²) in [6.45, 7) is 0. The fraction of sp³-hybridized carbons (Fsp3) is 0.154. The van der Waals surface area contributed by atoms with Crippen molar-refractivity contribution in [3.63, 3.8) is 0 Å². The van der Waals surface area contributed by atoms with E-state index in [2.05, 4.69) is 0 Å². The van der Waals surface area contributed by atoms with Gasteiger partial charge in [0.05, 0.1) is 12.7 Å². The molecule has 0 bridgehead atoms. The zero-order valence-electron chi connectivity index (χ0n) is 9.61. The van der Waals surface area contributed by atoms with Crippen LogP contribution in [0.1, 0.15) is 10.4 Å². The molecule has 1 heterocycles. The van der Waals surface area contributed by atoms with Gasteiger partial charge in [-0.1, -0.05) is 23.7 Å². The number of aryl methyl sites for hydroxylation is 1. The highest BCUT2D eigenvalue weighted by molar-refractivity contribution is 6.30. The Morgan fingerprint density at radius 3 is 2.47 bits per heavy atom. The van der Waals surface area contributed by atoms with Crippen LogP contribution in [-0.2, 0) is 11.8 Å². The monoisotopic (exact) mass is 249 g/mol. The minimum absolute atomic E-state index is 0.337. The summed E-state index contributed by atoms with van der Waals surface area (Å²) in [7, 11) is 3.24. The zero-order valence-corrected chi connectivity index (χ0v) is 10.4. The number of esters is 1. The van der Waals surface area contributed by atoms with Gasteiger partial charge in [0, 0.05) is 30.0 Å². The predicted molar refractivity (Wildman–Crippen MR) is 67.2 cm³/mol. The smallest absolute Gasteiger partial charge is 0.340 e. The molecule has 0 atom stereocenters. The number of nitrogens with zero attached hydrogens (tertiary/aromatic N) is 1. The van der Waals surface area contributed by atoms with Crippen molar-refractivity contribution in [2.24, 2.45) is 7.05 Å². The molecule has 4 heteroatoms. The molecule has 1 aromatic carbocycles. The van der Waals surface area contributed by atoms with Crippen molar-refractivity contribution in [1.82, 2.24) is 4.57 Å². The van der Waals surface area contributed by atoms with E-state index in [1.807, 2.05) is 29.9 Å². The standard InChI is InChI=1S/C13H12ClNO2/c1-15-7-11(12(8-15)13(16)17-2)9-3-5-10(14)6-4-9/h3-8H,1-2H3. The number of rotatable bonds is 2. The Morgan fingerprint density at radius 2 is 1.88 bits per heavy atom. The summed E-state index contributed by atoms with van der Waals surface area (Å²) in [5.41, 5.74) is 2.34. The molecule has 0 radical (unpaired) electrons. The van der Waals surface area contributed by atoms with E-state index in [-0.39, 0.29) is 5.97 Å². The first-order chi connectivity index (χ1) is 8.11. The van der Waals surface area contributed by atoms with Crippen LogP contribution in [-0.4, -0.2) is 17.6 Å². The summed E-state index contributed by atoms with van der Waals surface area (Å²) in [5, 5.41) is 0.671. The molecular formula is C13H12ClNO2. The first-order valence-electron chi connectivity index (χ1n) is 5.12. The number of halogens is 1. The van der Waals surface area contributed by atoms with Gasteiger partial charge in [-0.15, -0.1) is 0 Å². The van der Waals surface area contributed by atoms with Gasteiger partial charge >= 0.3 is 5.97 Å². The average molecular weight is 250 g/mol. The van der Waals surface area contributed by atoms with Crippen molar-refractivity contribution >= 4 is 17.6 Å². The van der Waals surface area contributed by atoms with Gasteiger partial charge in [-0.05, 0) is 17.7 Å². The first kappa shape index (κ1) is 11.7. The SMILES string of the molecule is COC(=O)c1cn(C)cc1-c1ccc(Cl)cc1. The van der Waals surface area contributed by atoms with E-state index in [1.54, 1.807) is 18.3 Å². The molecule has 17 heavy (non-hydrogen) atoms. The van der Waals surface area contributed by atoms with Crippen LogP contribution >= 0.6 is 11.6 Å². The number of carbonyl (C=O) groups excluding carboxylic acids is 1. The average Bonchev–Trinajstić information content (AvgIpc) is 2.71. The number of methoxy groups -OCH3 is 1. The third kappa shape index (κ3) is 2.34. The van der Waals surface area contributed by atoms with Crippen LogP contribution in [0.25, 0.3) is 11.1 Å². The number of carbonyl (C=O) groups is 1. The Labute approximate surface area is 105 Å². The first-order valence-corrected chi connectivity index (χ1v) is 5.50. The Morgan fingerprint density at radius 1 is 1.24 bits per heavy atom. The topological polar surface area (TPSA) is 31.2 Å². The summed E-state index contributed by atoms with van der Waals surface area (Å²) >= 11 is 5.84. The van der Waals surface area contributed by atoms with Crippen LogP contribution in [0.15, 0.2) is 36.7 Å². The van der Waals surface area contributed by atoms with Crippen molar-refractivity contribution in [1.29, 1.82) is 0 Å². The molecule has 0 aliphatic carbocycles. The van der Waals surface area contributed by atoms with Gasteiger partial charge in [0.2, 0.25) is 0 Å². The van der Waals surface area contributed by atoms with Crippen LogP contribution in [0.2, 0.25) is 5.02 Å². The molecule has 0 unspecified atom stereocenters. The van der Waals surface area contributed by atoms with Gasteiger partial charge in [-0.25, -0.2) is 4.79 Å². The molecule has 0 saturated carbocycles. The fourth-order valence-electron chi connectivity index (χ4n) is 1.72. The predicted octanol–water partition coefficient (Wildman–Crippen LogP) is 3.13. The Kier molecular flexibility index (Phi) is 3.20. The summed E-state index contributed by atoms with van der Waals surface area (Å²) < 4.78 is 6.59. The second kappa shape index (κ2) is 4.63. The molecule has 3 nitrogen and oxygen atoms in total. The molecule has 0 fully saturated rings. The second-order valence-corrected chi connectivity index (χ2v) is 4.19. The Hall–Kier alpha value is -1.74. The molecule has 88 valence electrons. The van der Waals surface area contributed by atoms with Crippen LogP contribution in [0.4, 0.5) is 0 Å². The van der Waals surface area contributed by atoms with E-state index < -0.39 is 0 Å². The van der Waals surface area contributed by atoms with Crippen LogP contribution in [0.3, 0.4) is 0 Å². The van der Waals surface area contributed by atoms with E-state index >= 15 is 0 Å². The van der Waals surface area contributed by atoms with Crippen molar-refractivity contribution in [3.05, 3.63) is 47.2 Å². The number of ether oxygens (including phenoxy) is 1. The number of hydrogen-bond acceptors (Lipinski definition) is 2. The lowest BCUT2D eigenvalue weighted by Gasteiger charge is -2.02. The Balaban J connectivity index is 2.51. The molecule has 0 aliphatic heterocycles. The maximum Gasteiger partial charge on any atom is 0.340 e. The molecule has 0 N–H and O–H groups in total. The van der Waals surface area contributed by atoms with Crippen LogP contribution in [0, 0.1) is 0 Å².